The second-order valence-electron chi connectivity index (χ2n) is 4.18. The van der Waals surface area contributed by atoms with Gasteiger partial charge in [0, 0.05) is 11.4 Å². The van der Waals surface area contributed by atoms with E-state index in [1.54, 1.807) is 0 Å². The standard InChI is InChI=1S/C13H17N3O/c1-8-4-5-11(14)6-12(8)15-7-13-16-9(2)10(3)17-13/h4-6,15H,7,14H2,1-3H3. The van der Waals surface area contributed by atoms with Crippen LogP contribution in [0, 0.1) is 20.8 Å². The van der Waals surface area contributed by atoms with E-state index in [0.29, 0.717) is 12.4 Å². The molecule has 2 rings (SSSR count). The second-order valence-corrected chi connectivity index (χ2v) is 4.18. The summed E-state index contributed by atoms with van der Waals surface area (Å²) in [6.45, 7) is 6.46. The van der Waals surface area contributed by atoms with Gasteiger partial charge in [-0.1, -0.05) is 6.07 Å². The predicted molar refractivity (Wildman–Crippen MR) is 68.9 cm³/mol. The summed E-state index contributed by atoms with van der Waals surface area (Å²) in [6.07, 6.45) is 0. The van der Waals surface area contributed by atoms with Crippen LogP contribution in [-0.2, 0) is 6.54 Å². The van der Waals surface area contributed by atoms with Crippen molar-refractivity contribution in [1.82, 2.24) is 4.98 Å². The number of hydrogen-bond donors (Lipinski definition) is 2. The summed E-state index contributed by atoms with van der Waals surface area (Å²) in [6, 6.07) is 5.79. The minimum Gasteiger partial charge on any atom is -0.444 e. The molecular formula is C13H17N3O. The molecule has 0 aliphatic carbocycles. The molecule has 0 fully saturated rings. The highest BCUT2D eigenvalue weighted by molar-refractivity contribution is 5.59. The fourth-order valence-electron chi connectivity index (χ4n) is 1.62. The van der Waals surface area contributed by atoms with Gasteiger partial charge in [0.05, 0.1) is 12.2 Å². The first-order valence-electron chi connectivity index (χ1n) is 5.59. The molecule has 0 atom stereocenters. The molecule has 1 aromatic heterocycles. The molecule has 2 aromatic rings. The highest BCUT2D eigenvalue weighted by Gasteiger charge is 2.06. The number of benzene rings is 1. The van der Waals surface area contributed by atoms with E-state index in [-0.39, 0.29) is 0 Å². The fourth-order valence-corrected chi connectivity index (χ4v) is 1.62. The average molecular weight is 231 g/mol. The summed E-state index contributed by atoms with van der Waals surface area (Å²) in [7, 11) is 0. The van der Waals surface area contributed by atoms with Crippen molar-refractivity contribution < 1.29 is 4.42 Å². The van der Waals surface area contributed by atoms with Crippen LogP contribution in [0.2, 0.25) is 0 Å². The molecule has 0 saturated heterocycles. The Morgan fingerprint density at radius 1 is 1.29 bits per heavy atom. The number of anilines is 2. The topological polar surface area (TPSA) is 64.1 Å². The maximum Gasteiger partial charge on any atom is 0.213 e. The zero-order chi connectivity index (χ0) is 12.4. The molecule has 3 N–H and O–H groups in total. The van der Waals surface area contributed by atoms with E-state index < -0.39 is 0 Å². The van der Waals surface area contributed by atoms with E-state index in [2.05, 4.69) is 10.3 Å². The maximum atomic E-state index is 5.75. The van der Waals surface area contributed by atoms with Crippen LogP contribution < -0.4 is 11.1 Å². The van der Waals surface area contributed by atoms with Gasteiger partial charge in [-0.15, -0.1) is 0 Å². The van der Waals surface area contributed by atoms with Crippen LogP contribution in [0.3, 0.4) is 0 Å². The summed E-state index contributed by atoms with van der Waals surface area (Å²) >= 11 is 0. The highest BCUT2D eigenvalue weighted by atomic mass is 16.4. The zero-order valence-corrected chi connectivity index (χ0v) is 10.4. The van der Waals surface area contributed by atoms with Gasteiger partial charge in [-0.3, -0.25) is 0 Å². The lowest BCUT2D eigenvalue weighted by atomic mass is 10.2. The summed E-state index contributed by atoms with van der Waals surface area (Å²) < 4.78 is 5.50. The smallest absolute Gasteiger partial charge is 0.213 e. The third-order valence-corrected chi connectivity index (χ3v) is 2.76. The molecule has 17 heavy (non-hydrogen) atoms. The average Bonchev–Trinajstić information content (AvgIpc) is 2.60. The van der Waals surface area contributed by atoms with Crippen LogP contribution in [0.15, 0.2) is 22.6 Å². The lowest BCUT2D eigenvalue weighted by molar-refractivity contribution is 0.478. The van der Waals surface area contributed by atoms with Gasteiger partial charge in [-0.05, 0) is 38.5 Å². The Bertz CT molecular complexity index is 512. The third-order valence-electron chi connectivity index (χ3n) is 2.76. The SMILES string of the molecule is Cc1ccc(N)cc1NCc1nc(C)c(C)o1. The van der Waals surface area contributed by atoms with Crippen molar-refractivity contribution in [1.29, 1.82) is 0 Å². The molecule has 4 nitrogen and oxygen atoms in total. The minimum atomic E-state index is 0.568. The highest BCUT2D eigenvalue weighted by Crippen LogP contribution is 2.19. The summed E-state index contributed by atoms with van der Waals surface area (Å²) in [5, 5.41) is 3.27. The van der Waals surface area contributed by atoms with Crippen LogP contribution in [0.1, 0.15) is 22.9 Å². The second kappa shape index (κ2) is 4.49. The quantitative estimate of drug-likeness (QED) is 0.797. The van der Waals surface area contributed by atoms with Gasteiger partial charge in [0.15, 0.2) is 0 Å². The first-order chi connectivity index (χ1) is 8.06. The van der Waals surface area contributed by atoms with Crippen molar-refractivity contribution >= 4 is 11.4 Å². The number of aryl methyl sites for hydroxylation is 3. The molecule has 0 aliphatic heterocycles. The molecule has 0 aliphatic rings. The van der Waals surface area contributed by atoms with E-state index in [4.69, 9.17) is 10.2 Å². The van der Waals surface area contributed by atoms with Gasteiger partial charge in [-0.25, -0.2) is 4.98 Å². The van der Waals surface area contributed by atoms with E-state index in [1.165, 1.54) is 0 Å². The van der Waals surface area contributed by atoms with E-state index in [1.807, 2.05) is 39.0 Å². The van der Waals surface area contributed by atoms with Crippen molar-refractivity contribution in [3.05, 3.63) is 41.1 Å². The Balaban J connectivity index is 2.09. The Morgan fingerprint density at radius 3 is 2.71 bits per heavy atom. The molecule has 1 aromatic carbocycles. The summed E-state index contributed by atoms with van der Waals surface area (Å²) in [4.78, 5) is 4.32. The van der Waals surface area contributed by atoms with E-state index >= 15 is 0 Å². The summed E-state index contributed by atoms with van der Waals surface area (Å²) in [5.41, 5.74) is 9.59. The van der Waals surface area contributed by atoms with Crippen molar-refractivity contribution in [2.45, 2.75) is 27.3 Å². The molecule has 90 valence electrons. The van der Waals surface area contributed by atoms with Crippen LogP contribution in [0.4, 0.5) is 11.4 Å². The first kappa shape index (κ1) is 11.5. The molecule has 1 heterocycles. The lowest BCUT2D eigenvalue weighted by Gasteiger charge is -2.08. The van der Waals surface area contributed by atoms with Gasteiger partial charge in [0.1, 0.15) is 5.76 Å². The van der Waals surface area contributed by atoms with Crippen molar-refractivity contribution in [2.24, 2.45) is 0 Å². The third kappa shape index (κ3) is 2.58. The molecule has 0 saturated carbocycles. The number of rotatable bonds is 3. The number of nitrogens with zero attached hydrogens (tertiary/aromatic N) is 1. The predicted octanol–water partition coefficient (Wildman–Crippen LogP) is 2.79. The van der Waals surface area contributed by atoms with Crippen LogP contribution in [-0.4, -0.2) is 4.98 Å². The lowest BCUT2D eigenvalue weighted by Crippen LogP contribution is -2.02. The Kier molecular flexibility index (Phi) is 3.04. The molecule has 0 bridgehead atoms. The monoisotopic (exact) mass is 231 g/mol. The number of hydrogen-bond acceptors (Lipinski definition) is 4. The summed E-state index contributed by atoms with van der Waals surface area (Å²) in [5.74, 6) is 1.56. The zero-order valence-electron chi connectivity index (χ0n) is 10.4. The van der Waals surface area contributed by atoms with Gasteiger partial charge in [0.25, 0.3) is 0 Å². The Hall–Kier alpha value is -1.97. The number of aromatic nitrogens is 1. The number of nitrogens with two attached hydrogens (primary N) is 1. The number of nitrogen functional groups attached to an aromatic ring is 1. The normalized spacial score (nSPS) is 10.5. The maximum absolute atomic E-state index is 5.75. The van der Waals surface area contributed by atoms with Gasteiger partial charge >= 0.3 is 0 Å². The fraction of sp³-hybridized carbons (Fsp3) is 0.308. The molecule has 0 amide bonds. The van der Waals surface area contributed by atoms with E-state index in [0.717, 1.165) is 28.4 Å². The largest absolute Gasteiger partial charge is 0.444 e. The van der Waals surface area contributed by atoms with Crippen molar-refractivity contribution in [3.8, 4) is 0 Å². The number of oxazole rings is 1. The molecule has 0 spiro atoms. The van der Waals surface area contributed by atoms with E-state index in [9.17, 15) is 0 Å². The molecule has 4 heteroatoms. The molecule has 0 radical (unpaired) electrons. The van der Waals surface area contributed by atoms with Crippen LogP contribution in [0.25, 0.3) is 0 Å². The Labute approximate surface area is 101 Å². The van der Waals surface area contributed by atoms with Crippen molar-refractivity contribution in [3.63, 3.8) is 0 Å². The molecule has 0 unspecified atom stereocenters. The van der Waals surface area contributed by atoms with Crippen LogP contribution >= 0.6 is 0 Å². The minimum absolute atomic E-state index is 0.568. The Morgan fingerprint density at radius 2 is 2.06 bits per heavy atom. The first-order valence-corrected chi connectivity index (χ1v) is 5.59. The van der Waals surface area contributed by atoms with Crippen LogP contribution in [0.5, 0.6) is 0 Å². The number of nitrogens with one attached hydrogen (secondary N) is 1. The van der Waals surface area contributed by atoms with Crippen molar-refractivity contribution in [2.75, 3.05) is 11.1 Å². The van der Waals surface area contributed by atoms with Gasteiger partial charge in [0.2, 0.25) is 5.89 Å². The molecular weight excluding hydrogens is 214 g/mol. The van der Waals surface area contributed by atoms with Gasteiger partial charge < -0.3 is 15.5 Å². The van der Waals surface area contributed by atoms with Gasteiger partial charge in [-0.2, -0.15) is 0 Å².